The predicted octanol–water partition coefficient (Wildman–Crippen LogP) is 2.77. The van der Waals surface area contributed by atoms with Crippen LogP contribution in [-0.4, -0.2) is 11.7 Å². The van der Waals surface area contributed by atoms with Crippen molar-refractivity contribution in [1.82, 2.24) is 0 Å². The molecule has 2 aromatic rings. The minimum atomic E-state index is -1.08. The Morgan fingerprint density at radius 2 is 1.82 bits per heavy atom. The normalized spacial score (nSPS) is 17.2. The Hall–Kier alpha value is -1.45. The molecule has 1 atom stereocenters. The van der Waals surface area contributed by atoms with Crippen molar-refractivity contribution in [3.05, 3.63) is 53.6 Å². The Balaban J connectivity index is 2.13. The van der Waals surface area contributed by atoms with E-state index in [0.717, 1.165) is 33.1 Å². The second kappa shape index (κ2) is 4.09. The quantitative estimate of drug-likeness (QED) is 0.722. The zero-order chi connectivity index (χ0) is 11.8. The van der Waals surface area contributed by atoms with Crippen LogP contribution in [0, 0.1) is 0 Å². The molecule has 0 bridgehead atoms. The molecule has 1 aliphatic heterocycles. The van der Waals surface area contributed by atoms with Crippen LogP contribution in [0.4, 0.5) is 0 Å². The third-order valence-electron chi connectivity index (χ3n) is 3.03. The topological polar surface area (TPSA) is 32.3 Å². The van der Waals surface area contributed by atoms with E-state index in [4.69, 9.17) is 4.74 Å². The molecule has 0 spiro atoms. The minimum absolute atomic E-state index is 0.761. The Morgan fingerprint density at radius 3 is 2.65 bits per heavy atom. The van der Waals surface area contributed by atoms with Crippen molar-refractivity contribution in [2.45, 2.75) is 16.2 Å². The number of ether oxygens (including phenoxy) is 1. The lowest BCUT2D eigenvalue weighted by atomic mass is 10.0. The minimum Gasteiger partial charge on any atom is -0.606 e. The van der Waals surface area contributed by atoms with Gasteiger partial charge in [-0.15, -0.1) is 0 Å². The molecule has 2 nitrogen and oxygen atoms in total. The molecular weight excluding hydrogens is 232 g/mol. The number of hydrogen-bond donors (Lipinski definition) is 0. The van der Waals surface area contributed by atoms with Crippen molar-refractivity contribution in [3.8, 4) is 5.75 Å². The van der Waals surface area contributed by atoms with E-state index >= 15 is 0 Å². The third kappa shape index (κ3) is 1.72. The van der Waals surface area contributed by atoms with Crippen LogP contribution in [0.2, 0.25) is 0 Å². The maximum atomic E-state index is 12.4. The first-order valence-corrected chi connectivity index (χ1v) is 6.61. The van der Waals surface area contributed by atoms with E-state index < -0.39 is 11.2 Å². The Morgan fingerprint density at radius 1 is 1.06 bits per heavy atom. The highest BCUT2D eigenvalue weighted by atomic mass is 32.2. The number of methoxy groups -OCH3 is 1. The van der Waals surface area contributed by atoms with E-state index in [0.29, 0.717) is 0 Å². The summed E-state index contributed by atoms with van der Waals surface area (Å²) < 4.78 is 17.6. The highest BCUT2D eigenvalue weighted by Crippen LogP contribution is 2.35. The monoisotopic (exact) mass is 244 g/mol. The first kappa shape index (κ1) is 10.7. The lowest BCUT2D eigenvalue weighted by Gasteiger charge is -2.21. The average Bonchev–Trinajstić information content (AvgIpc) is 2.39. The molecule has 1 heterocycles. The fraction of sp³-hybridized carbons (Fsp3) is 0.143. The van der Waals surface area contributed by atoms with E-state index in [2.05, 4.69) is 0 Å². The molecule has 1 unspecified atom stereocenters. The maximum absolute atomic E-state index is 12.4. The molecule has 0 aliphatic carbocycles. The van der Waals surface area contributed by atoms with Crippen molar-refractivity contribution >= 4 is 11.2 Å². The zero-order valence-corrected chi connectivity index (χ0v) is 10.3. The van der Waals surface area contributed by atoms with Gasteiger partial charge in [-0.05, 0) is 18.2 Å². The second-order valence-corrected chi connectivity index (χ2v) is 5.44. The van der Waals surface area contributed by atoms with E-state index in [-0.39, 0.29) is 0 Å². The van der Waals surface area contributed by atoms with Gasteiger partial charge in [0.1, 0.15) is 5.75 Å². The molecule has 86 valence electrons. The lowest BCUT2D eigenvalue weighted by molar-refractivity contribution is 0.413. The number of fused-ring (bicyclic) bond motifs is 2. The van der Waals surface area contributed by atoms with Crippen molar-refractivity contribution in [1.29, 1.82) is 0 Å². The van der Waals surface area contributed by atoms with Gasteiger partial charge in [0.2, 0.25) is 0 Å². The van der Waals surface area contributed by atoms with Crippen LogP contribution >= 0.6 is 0 Å². The van der Waals surface area contributed by atoms with Crippen LogP contribution in [0.5, 0.6) is 5.75 Å². The van der Waals surface area contributed by atoms with Gasteiger partial charge in [0, 0.05) is 34.8 Å². The van der Waals surface area contributed by atoms with E-state index in [1.54, 1.807) is 7.11 Å². The Labute approximate surface area is 103 Å². The Kier molecular flexibility index (Phi) is 2.57. The molecular formula is C14H12O2S. The summed E-state index contributed by atoms with van der Waals surface area (Å²) in [6.45, 7) is 0. The molecule has 0 radical (unpaired) electrons. The maximum Gasteiger partial charge on any atom is 0.165 e. The zero-order valence-electron chi connectivity index (χ0n) is 9.47. The first-order chi connectivity index (χ1) is 8.29. The Bertz CT molecular complexity index is 566. The highest BCUT2D eigenvalue weighted by Gasteiger charge is 2.28. The number of benzene rings is 2. The molecule has 0 saturated carbocycles. The largest absolute Gasteiger partial charge is 0.606 e. The fourth-order valence-corrected chi connectivity index (χ4v) is 3.55. The van der Waals surface area contributed by atoms with Gasteiger partial charge in [-0.3, -0.25) is 0 Å². The van der Waals surface area contributed by atoms with Crippen LogP contribution in [0.15, 0.2) is 52.3 Å². The smallest absolute Gasteiger partial charge is 0.165 e. The number of rotatable bonds is 1. The molecule has 3 rings (SSSR count). The molecule has 0 amide bonds. The average molecular weight is 244 g/mol. The third-order valence-corrected chi connectivity index (χ3v) is 4.60. The summed E-state index contributed by atoms with van der Waals surface area (Å²) >= 11 is -1.08. The number of hydrogen-bond acceptors (Lipinski definition) is 2. The van der Waals surface area contributed by atoms with Crippen LogP contribution < -0.4 is 4.74 Å². The lowest BCUT2D eigenvalue weighted by Crippen LogP contribution is -2.14. The summed E-state index contributed by atoms with van der Waals surface area (Å²) in [6.07, 6.45) is 0.848. The summed E-state index contributed by atoms with van der Waals surface area (Å²) in [7, 11) is 1.63. The van der Waals surface area contributed by atoms with Gasteiger partial charge in [0.15, 0.2) is 9.79 Å². The fourth-order valence-electron chi connectivity index (χ4n) is 2.13. The van der Waals surface area contributed by atoms with Crippen LogP contribution in [-0.2, 0) is 17.6 Å². The summed E-state index contributed by atoms with van der Waals surface area (Å²) in [6, 6.07) is 13.7. The molecule has 0 fully saturated rings. The van der Waals surface area contributed by atoms with Gasteiger partial charge in [0.05, 0.1) is 7.11 Å². The van der Waals surface area contributed by atoms with Crippen molar-refractivity contribution in [2.75, 3.05) is 7.11 Å². The summed E-state index contributed by atoms with van der Waals surface area (Å²) in [5, 5.41) is 0. The molecule has 1 aliphatic rings. The van der Waals surface area contributed by atoms with Crippen molar-refractivity contribution < 1.29 is 9.29 Å². The molecule has 2 aromatic carbocycles. The van der Waals surface area contributed by atoms with Gasteiger partial charge in [-0.1, -0.05) is 18.2 Å². The van der Waals surface area contributed by atoms with Gasteiger partial charge >= 0.3 is 0 Å². The summed E-state index contributed by atoms with van der Waals surface area (Å²) in [5.74, 6) is 0.761. The SMILES string of the molecule is COc1ccc2c(c1)[S+]([O-])c1ccccc1C2. The predicted molar refractivity (Wildman–Crippen MR) is 66.9 cm³/mol. The van der Waals surface area contributed by atoms with Gasteiger partial charge in [-0.25, -0.2) is 0 Å². The molecule has 0 saturated heterocycles. The van der Waals surface area contributed by atoms with Gasteiger partial charge in [-0.2, -0.15) is 0 Å². The highest BCUT2D eigenvalue weighted by molar-refractivity contribution is 7.91. The van der Waals surface area contributed by atoms with Gasteiger partial charge in [0.25, 0.3) is 0 Å². The van der Waals surface area contributed by atoms with Crippen molar-refractivity contribution in [3.63, 3.8) is 0 Å². The standard InChI is InChI=1S/C14H12O2S/c1-16-12-7-6-11-8-10-4-2-3-5-13(10)17(15)14(11)9-12/h2-7,9H,8H2,1H3. The molecule has 0 aromatic heterocycles. The molecule has 0 N–H and O–H groups in total. The molecule has 17 heavy (non-hydrogen) atoms. The van der Waals surface area contributed by atoms with Crippen LogP contribution in [0.25, 0.3) is 0 Å². The second-order valence-electron chi connectivity index (χ2n) is 4.03. The van der Waals surface area contributed by atoms with E-state index in [9.17, 15) is 4.55 Å². The van der Waals surface area contributed by atoms with Gasteiger partial charge < -0.3 is 9.29 Å². The summed E-state index contributed by atoms with van der Waals surface area (Å²) in [4.78, 5) is 1.80. The van der Waals surface area contributed by atoms with Crippen LogP contribution in [0.1, 0.15) is 11.1 Å². The van der Waals surface area contributed by atoms with Crippen molar-refractivity contribution in [2.24, 2.45) is 0 Å². The molecule has 3 heteroatoms. The van der Waals surface area contributed by atoms with Crippen LogP contribution in [0.3, 0.4) is 0 Å². The summed E-state index contributed by atoms with van der Waals surface area (Å²) in [5.41, 5.74) is 2.28. The first-order valence-electron chi connectivity index (χ1n) is 5.46. The van der Waals surface area contributed by atoms with E-state index in [1.807, 2.05) is 42.5 Å². The van der Waals surface area contributed by atoms with E-state index in [1.165, 1.54) is 0 Å².